The molecule has 1 heterocycles. The lowest BCUT2D eigenvalue weighted by Gasteiger charge is -2.38. The van der Waals surface area contributed by atoms with Crippen LogP contribution in [0.15, 0.2) is 12.1 Å². The minimum atomic E-state index is -0.477. The fraction of sp³-hybridized carbons (Fsp3) is 0.667. The Morgan fingerprint density at radius 2 is 1.91 bits per heavy atom. The van der Waals surface area contributed by atoms with E-state index in [0.29, 0.717) is 25.1 Å². The first-order valence-corrected chi connectivity index (χ1v) is 8.31. The van der Waals surface area contributed by atoms with E-state index in [4.69, 9.17) is 4.74 Å². The normalized spacial score (nSPS) is 22.7. The van der Waals surface area contributed by atoms with Crippen LogP contribution in [0.5, 0.6) is 0 Å². The van der Waals surface area contributed by atoms with Gasteiger partial charge < -0.3 is 9.84 Å². The predicted octanol–water partition coefficient (Wildman–Crippen LogP) is 3.10. The van der Waals surface area contributed by atoms with Crippen molar-refractivity contribution in [1.82, 2.24) is 4.90 Å². The summed E-state index contributed by atoms with van der Waals surface area (Å²) >= 11 is 0. The third-order valence-corrected chi connectivity index (χ3v) is 4.80. The van der Waals surface area contributed by atoms with Gasteiger partial charge in [-0.25, -0.2) is 8.78 Å². The van der Waals surface area contributed by atoms with Crippen LogP contribution in [-0.2, 0) is 11.2 Å². The number of aliphatic hydroxyl groups is 1. The van der Waals surface area contributed by atoms with Gasteiger partial charge in [0.15, 0.2) is 0 Å². The van der Waals surface area contributed by atoms with Crippen LogP contribution < -0.4 is 0 Å². The number of ether oxygens (including phenoxy) is 1. The first-order valence-electron chi connectivity index (χ1n) is 8.31. The van der Waals surface area contributed by atoms with Crippen molar-refractivity contribution < 1.29 is 18.6 Å². The van der Waals surface area contributed by atoms with Gasteiger partial charge in [0.05, 0.1) is 12.7 Å². The van der Waals surface area contributed by atoms with Crippen molar-refractivity contribution in [2.45, 2.75) is 51.2 Å². The van der Waals surface area contributed by atoms with Crippen molar-refractivity contribution in [2.75, 3.05) is 26.8 Å². The van der Waals surface area contributed by atoms with Gasteiger partial charge in [-0.2, -0.15) is 0 Å². The predicted molar refractivity (Wildman–Crippen MR) is 86.6 cm³/mol. The first kappa shape index (κ1) is 18.3. The maximum Gasteiger partial charge on any atom is 0.129 e. The smallest absolute Gasteiger partial charge is 0.129 e. The summed E-state index contributed by atoms with van der Waals surface area (Å²) in [5.74, 6) is -0.861. The van der Waals surface area contributed by atoms with Gasteiger partial charge in [-0.1, -0.05) is 13.8 Å². The zero-order chi connectivity index (χ0) is 17.0. The second kappa shape index (κ2) is 8.18. The number of hydrogen-bond donors (Lipinski definition) is 1. The quantitative estimate of drug-likeness (QED) is 0.871. The number of likely N-dealkylation sites (tertiary alicyclic amines) is 1. The lowest BCUT2D eigenvalue weighted by molar-refractivity contribution is -0.00886. The van der Waals surface area contributed by atoms with Gasteiger partial charge in [-0.3, -0.25) is 4.90 Å². The summed E-state index contributed by atoms with van der Waals surface area (Å²) in [6, 6.07) is 2.91. The van der Waals surface area contributed by atoms with Crippen LogP contribution >= 0.6 is 0 Å². The van der Waals surface area contributed by atoms with E-state index in [1.165, 1.54) is 12.1 Å². The van der Waals surface area contributed by atoms with Crippen molar-refractivity contribution in [3.05, 3.63) is 34.9 Å². The monoisotopic (exact) mass is 327 g/mol. The fourth-order valence-electron chi connectivity index (χ4n) is 3.19. The van der Waals surface area contributed by atoms with Crippen LogP contribution in [0.3, 0.4) is 0 Å². The highest BCUT2D eigenvalue weighted by Gasteiger charge is 2.28. The van der Waals surface area contributed by atoms with Crippen LogP contribution in [0.1, 0.15) is 43.7 Å². The minimum Gasteiger partial charge on any atom is -0.395 e. The van der Waals surface area contributed by atoms with Gasteiger partial charge in [0.25, 0.3) is 0 Å². The van der Waals surface area contributed by atoms with E-state index < -0.39 is 11.6 Å². The Balaban J connectivity index is 2.07. The molecule has 0 spiro atoms. The lowest BCUT2D eigenvalue weighted by Crippen LogP contribution is -2.48. The minimum absolute atomic E-state index is 0.0439. The van der Waals surface area contributed by atoms with Crippen LogP contribution in [0.4, 0.5) is 8.78 Å². The highest BCUT2D eigenvalue weighted by molar-refractivity contribution is 5.28. The zero-order valence-corrected chi connectivity index (χ0v) is 14.2. The lowest BCUT2D eigenvalue weighted by atomic mass is 9.97. The molecule has 2 rings (SSSR count). The third-order valence-electron chi connectivity index (χ3n) is 4.80. The number of halogens is 2. The summed E-state index contributed by atoms with van der Waals surface area (Å²) in [6.07, 6.45) is 2.16. The number of rotatable bonds is 6. The van der Waals surface area contributed by atoms with Gasteiger partial charge in [-0.15, -0.1) is 0 Å². The molecule has 0 radical (unpaired) electrons. The van der Waals surface area contributed by atoms with E-state index in [1.807, 2.05) is 13.8 Å². The molecular weight excluding hydrogens is 300 g/mol. The maximum absolute atomic E-state index is 14.2. The highest BCUT2D eigenvalue weighted by atomic mass is 19.1. The Morgan fingerprint density at radius 1 is 1.26 bits per heavy atom. The van der Waals surface area contributed by atoms with Gasteiger partial charge in [0.2, 0.25) is 0 Å². The number of benzene rings is 1. The Morgan fingerprint density at radius 3 is 2.43 bits per heavy atom. The van der Waals surface area contributed by atoms with Crippen LogP contribution in [-0.4, -0.2) is 49.0 Å². The summed E-state index contributed by atoms with van der Waals surface area (Å²) in [5, 5.41) is 9.49. The van der Waals surface area contributed by atoms with E-state index in [2.05, 4.69) is 4.90 Å². The van der Waals surface area contributed by atoms with E-state index >= 15 is 0 Å². The molecule has 1 fully saturated rings. The highest BCUT2D eigenvalue weighted by Crippen LogP contribution is 2.24. The largest absolute Gasteiger partial charge is 0.395 e. The van der Waals surface area contributed by atoms with Crippen LogP contribution in [0.25, 0.3) is 0 Å². The summed E-state index contributed by atoms with van der Waals surface area (Å²) in [5.41, 5.74) is 0.806. The summed E-state index contributed by atoms with van der Waals surface area (Å²) in [6.45, 7) is 5.10. The Bertz CT molecular complexity index is 499. The second-order valence-corrected chi connectivity index (χ2v) is 6.63. The van der Waals surface area contributed by atoms with Gasteiger partial charge in [0.1, 0.15) is 11.6 Å². The molecular formula is C18H27F2NO2. The molecule has 1 N–H and O–H groups in total. The average Bonchev–Trinajstić information content (AvgIpc) is 2.53. The molecule has 1 saturated heterocycles. The molecule has 0 aromatic heterocycles. The van der Waals surface area contributed by atoms with Crippen LogP contribution in [0.2, 0.25) is 0 Å². The molecule has 0 bridgehead atoms. The van der Waals surface area contributed by atoms with Gasteiger partial charge >= 0.3 is 0 Å². The molecule has 0 amide bonds. The number of nitrogens with zero attached hydrogens (tertiary/aromatic N) is 1. The van der Waals surface area contributed by atoms with Gasteiger partial charge in [-0.05, 0) is 42.9 Å². The first-order chi connectivity index (χ1) is 11.0. The fourth-order valence-corrected chi connectivity index (χ4v) is 3.19. The van der Waals surface area contributed by atoms with Crippen molar-refractivity contribution in [3.8, 4) is 0 Å². The molecule has 3 nitrogen and oxygen atoms in total. The van der Waals surface area contributed by atoms with Gasteiger partial charge in [0, 0.05) is 31.8 Å². The molecule has 1 aromatic carbocycles. The molecule has 2 atom stereocenters. The summed E-state index contributed by atoms with van der Waals surface area (Å²) in [7, 11) is 1.67. The molecule has 1 aliphatic rings. The maximum atomic E-state index is 14.2. The molecule has 0 aliphatic carbocycles. The molecule has 23 heavy (non-hydrogen) atoms. The Labute approximate surface area is 137 Å². The van der Waals surface area contributed by atoms with Crippen molar-refractivity contribution in [2.24, 2.45) is 0 Å². The van der Waals surface area contributed by atoms with Crippen molar-refractivity contribution in [3.63, 3.8) is 0 Å². The third kappa shape index (κ3) is 4.49. The molecule has 1 aromatic rings. The number of piperidine rings is 1. The Hall–Kier alpha value is -1.04. The van der Waals surface area contributed by atoms with E-state index in [9.17, 15) is 13.9 Å². The van der Waals surface area contributed by atoms with E-state index in [0.717, 1.165) is 12.8 Å². The van der Waals surface area contributed by atoms with E-state index in [1.54, 1.807) is 7.11 Å². The van der Waals surface area contributed by atoms with Crippen LogP contribution in [0, 0.1) is 11.6 Å². The topological polar surface area (TPSA) is 32.7 Å². The summed E-state index contributed by atoms with van der Waals surface area (Å²) in [4.78, 5) is 2.08. The SMILES string of the molecule is CO[C@@H]1CC[C@H](CO)N(CCc2c(F)cc(C(C)C)cc2F)C1. The van der Waals surface area contributed by atoms with Crippen molar-refractivity contribution in [1.29, 1.82) is 0 Å². The zero-order valence-electron chi connectivity index (χ0n) is 14.2. The molecule has 5 heteroatoms. The Kier molecular flexibility index (Phi) is 6.50. The standard InChI is InChI=1S/C18H27F2NO2/c1-12(2)13-8-17(19)16(18(20)9-13)6-7-21-10-15(23-3)5-4-14(21)11-22/h8-9,12,14-15,22H,4-7,10-11H2,1-3H3/t14-,15-/m1/s1. The molecule has 130 valence electrons. The molecule has 1 aliphatic heterocycles. The summed E-state index contributed by atoms with van der Waals surface area (Å²) < 4.78 is 33.8. The number of aliphatic hydroxyl groups excluding tert-OH is 1. The second-order valence-electron chi connectivity index (χ2n) is 6.63. The molecule has 0 unspecified atom stereocenters. The van der Waals surface area contributed by atoms with E-state index in [-0.39, 0.29) is 30.2 Å². The molecule has 0 saturated carbocycles. The number of hydrogen-bond acceptors (Lipinski definition) is 3. The average molecular weight is 327 g/mol. The number of methoxy groups -OCH3 is 1. The van der Waals surface area contributed by atoms with Crippen molar-refractivity contribution >= 4 is 0 Å².